The van der Waals surface area contributed by atoms with Crippen molar-refractivity contribution in [3.05, 3.63) is 0 Å². The molecule has 5 heteroatoms. The summed E-state index contributed by atoms with van der Waals surface area (Å²) in [5.41, 5.74) is 0. The van der Waals surface area contributed by atoms with E-state index in [4.69, 9.17) is 14.2 Å². The van der Waals surface area contributed by atoms with Crippen LogP contribution in [0.4, 0.5) is 0 Å². The van der Waals surface area contributed by atoms with Crippen molar-refractivity contribution in [2.75, 3.05) is 13.2 Å². The molecule has 86 valence electrons. The number of carbonyl (C=O) groups is 1. The summed E-state index contributed by atoms with van der Waals surface area (Å²) in [5, 5.41) is 3.05. The van der Waals surface area contributed by atoms with Gasteiger partial charge in [-0.15, -0.1) is 0 Å². The van der Waals surface area contributed by atoms with Crippen LogP contribution >= 0.6 is 0 Å². The summed E-state index contributed by atoms with van der Waals surface area (Å²) in [7, 11) is 0. The summed E-state index contributed by atoms with van der Waals surface area (Å²) >= 11 is 0. The lowest BCUT2D eigenvalue weighted by atomic mass is 10.2. The predicted molar refractivity (Wildman–Crippen MR) is 52.2 cm³/mol. The summed E-state index contributed by atoms with van der Waals surface area (Å²) in [4.78, 5) is 11.4. The van der Waals surface area contributed by atoms with E-state index in [1.807, 2.05) is 13.8 Å². The van der Waals surface area contributed by atoms with Crippen molar-refractivity contribution >= 4 is 5.97 Å². The molecule has 2 rings (SSSR count). The summed E-state index contributed by atoms with van der Waals surface area (Å²) in [5.74, 6) is -0.732. The van der Waals surface area contributed by atoms with Crippen LogP contribution < -0.4 is 5.32 Å². The van der Waals surface area contributed by atoms with Gasteiger partial charge in [0.05, 0.1) is 19.3 Å². The average Bonchev–Trinajstić information content (AvgIpc) is 2.86. The van der Waals surface area contributed by atoms with Gasteiger partial charge in [0.1, 0.15) is 12.1 Å². The van der Waals surface area contributed by atoms with Gasteiger partial charge < -0.3 is 14.2 Å². The molecule has 15 heavy (non-hydrogen) atoms. The maximum Gasteiger partial charge on any atom is 0.324 e. The van der Waals surface area contributed by atoms with Gasteiger partial charge in [0.15, 0.2) is 5.79 Å². The fourth-order valence-corrected chi connectivity index (χ4v) is 1.81. The Morgan fingerprint density at radius 1 is 1.60 bits per heavy atom. The minimum Gasteiger partial charge on any atom is -0.465 e. The van der Waals surface area contributed by atoms with E-state index >= 15 is 0 Å². The molecule has 0 aliphatic carbocycles. The van der Waals surface area contributed by atoms with Crippen LogP contribution in [0.1, 0.15) is 20.8 Å². The lowest BCUT2D eigenvalue weighted by Crippen LogP contribution is -2.27. The minimum absolute atomic E-state index is 0.0468. The molecule has 0 unspecified atom stereocenters. The van der Waals surface area contributed by atoms with E-state index in [1.165, 1.54) is 0 Å². The van der Waals surface area contributed by atoms with Gasteiger partial charge in [0.25, 0.3) is 0 Å². The zero-order valence-corrected chi connectivity index (χ0v) is 9.28. The fourth-order valence-electron chi connectivity index (χ4n) is 1.81. The van der Waals surface area contributed by atoms with Crippen LogP contribution in [0.15, 0.2) is 0 Å². The second kappa shape index (κ2) is 3.73. The Labute approximate surface area is 89.1 Å². The molecule has 5 nitrogen and oxygen atoms in total. The first-order valence-electron chi connectivity index (χ1n) is 5.28. The van der Waals surface area contributed by atoms with Gasteiger partial charge in [-0.2, -0.15) is 0 Å². The molecule has 0 aromatic rings. The second-order valence-electron chi connectivity index (χ2n) is 4.29. The first kappa shape index (κ1) is 10.9. The summed E-state index contributed by atoms with van der Waals surface area (Å²) in [6.45, 7) is 6.48. The molecule has 0 saturated carbocycles. The van der Waals surface area contributed by atoms with Crippen molar-refractivity contribution in [1.29, 1.82) is 0 Å². The monoisotopic (exact) mass is 215 g/mol. The van der Waals surface area contributed by atoms with Gasteiger partial charge in [0, 0.05) is 0 Å². The first-order chi connectivity index (χ1) is 7.03. The van der Waals surface area contributed by atoms with Crippen LogP contribution in [0.2, 0.25) is 0 Å². The molecular formula is C10H17NO4. The summed E-state index contributed by atoms with van der Waals surface area (Å²) in [6.07, 6.45) is -0.0468. The highest BCUT2D eigenvalue weighted by Gasteiger charge is 2.52. The molecule has 0 radical (unpaired) electrons. The molecule has 0 aromatic heterocycles. The van der Waals surface area contributed by atoms with Gasteiger partial charge in [-0.3, -0.25) is 10.1 Å². The van der Waals surface area contributed by atoms with Crippen molar-refractivity contribution < 1.29 is 19.0 Å². The highest BCUT2D eigenvalue weighted by Crippen LogP contribution is 2.30. The number of esters is 1. The maximum atomic E-state index is 11.4. The van der Waals surface area contributed by atoms with E-state index < -0.39 is 5.79 Å². The first-order valence-corrected chi connectivity index (χ1v) is 5.28. The maximum absolute atomic E-state index is 11.4. The molecule has 2 fully saturated rings. The number of ether oxygens (including phenoxy) is 3. The van der Waals surface area contributed by atoms with E-state index in [-0.39, 0.29) is 24.2 Å². The van der Waals surface area contributed by atoms with Gasteiger partial charge in [-0.05, 0) is 20.8 Å². The normalized spacial score (nSPS) is 37.7. The highest BCUT2D eigenvalue weighted by molar-refractivity contribution is 5.80. The number of hydrogen-bond donors (Lipinski definition) is 1. The summed E-state index contributed by atoms with van der Waals surface area (Å²) < 4.78 is 16.0. The zero-order chi connectivity index (χ0) is 11.1. The van der Waals surface area contributed by atoms with Gasteiger partial charge in [0.2, 0.25) is 0 Å². The van der Waals surface area contributed by atoms with E-state index in [0.717, 1.165) is 0 Å². The van der Waals surface area contributed by atoms with Crippen LogP contribution in [-0.4, -0.2) is 43.2 Å². The van der Waals surface area contributed by atoms with Crippen molar-refractivity contribution in [2.45, 2.75) is 44.7 Å². The van der Waals surface area contributed by atoms with Crippen LogP contribution in [-0.2, 0) is 19.0 Å². The smallest absolute Gasteiger partial charge is 0.324 e. The molecule has 0 spiro atoms. The molecular weight excluding hydrogens is 198 g/mol. The van der Waals surface area contributed by atoms with E-state index in [9.17, 15) is 4.79 Å². The molecule has 0 aromatic carbocycles. The third kappa shape index (κ3) is 2.30. The van der Waals surface area contributed by atoms with Crippen LogP contribution in [0.25, 0.3) is 0 Å². The fraction of sp³-hybridized carbons (Fsp3) is 0.900. The predicted octanol–water partition coefficient (Wildman–Crippen LogP) is 0.0414. The third-order valence-electron chi connectivity index (χ3n) is 2.59. The van der Waals surface area contributed by atoms with Gasteiger partial charge >= 0.3 is 5.97 Å². The lowest BCUT2D eigenvalue weighted by molar-refractivity contribution is -0.145. The number of rotatable bonds is 3. The third-order valence-corrected chi connectivity index (χ3v) is 2.59. The minimum atomic E-state index is -0.534. The molecule has 1 N–H and O–H groups in total. The van der Waals surface area contributed by atoms with Gasteiger partial charge in [-0.1, -0.05) is 0 Å². The Morgan fingerprint density at radius 3 is 2.87 bits per heavy atom. The molecule has 2 heterocycles. The van der Waals surface area contributed by atoms with Crippen molar-refractivity contribution in [3.63, 3.8) is 0 Å². The molecule has 2 aliphatic heterocycles. The van der Waals surface area contributed by atoms with Crippen molar-refractivity contribution in [2.24, 2.45) is 0 Å². The Morgan fingerprint density at radius 2 is 2.33 bits per heavy atom. The van der Waals surface area contributed by atoms with E-state index in [1.54, 1.807) is 6.92 Å². The molecule has 3 atom stereocenters. The molecule has 0 bridgehead atoms. The van der Waals surface area contributed by atoms with Gasteiger partial charge in [-0.25, -0.2) is 0 Å². The average molecular weight is 215 g/mol. The SMILES string of the molecule is CCOC(=O)[C@H]1N[C@H]1[C@H]1COC(C)(C)O1. The van der Waals surface area contributed by atoms with Crippen molar-refractivity contribution in [1.82, 2.24) is 5.32 Å². The lowest BCUT2D eigenvalue weighted by Gasteiger charge is -2.16. The van der Waals surface area contributed by atoms with E-state index in [0.29, 0.717) is 13.2 Å². The largest absolute Gasteiger partial charge is 0.465 e. The Hall–Kier alpha value is -0.650. The zero-order valence-electron chi connectivity index (χ0n) is 9.28. The summed E-state index contributed by atoms with van der Waals surface area (Å²) in [6, 6.07) is -0.168. The quantitative estimate of drug-likeness (QED) is 0.532. The Kier molecular flexibility index (Phi) is 2.70. The standard InChI is InChI=1S/C10H17NO4/c1-4-13-9(12)8-7(11-8)6-5-14-10(2,3)15-6/h6-8,11H,4-5H2,1-3H3/t6-,7+,8+/m1/s1. The molecule has 2 aliphatic rings. The number of nitrogens with one attached hydrogen (secondary N) is 1. The van der Waals surface area contributed by atoms with E-state index in [2.05, 4.69) is 5.32 Å². The molecule has 0 amide bonds. The van der Waals surface area contributed by atoms with Crippen LogP contribution in [0.5, 0.6) is 0 Å². The molecule has 2 saturated heterocycles. The number of hydrogen-bond acceptors (Lipinski definition) is 5. The topological polar surface area (TPSA) is 66.7 Å². The Bertz CT molecular complexity index is 266. The van der Waals surface area contributed by atoms with Crippen LogP contribution in [0, 0.1) is 0 Å². The highest BCUT2D eigenvalue weighted by atomic mass is 16.7. The second-order valence-corrected chi connectivity index (χ2v) is 4.29. The number of carbonyl (C=O) groups excluding carboxylic acids is 1. The van der Waals surface area contributed by atoms with Crippen LogP contribution in [0.3, 0.4) is 0 Å². The van der Waals surface area contributed by atoms with Crippen molar-refractivity contribution in [3.8, 4) is 0 Å². The Balaban J connectivity index is 1.82.